The first-order chi connectivity index (χ1) is 5.23. The molecule has 1 saturated heterocycles. The summed E-state index contributed by atoms with van der Waals surface area (Å²) in [6.07, 6.45) is 1.06. The number of methoxy groups -OCH3 is 1. The molecule has 66 valence electrons. The van der Waals surface area contributed by atoms with Crippen LogP contribution in [0.1, 0.15) is 20.3 Å². The highest BCUT2D eigenvalue weighted by atomic mass is 32.2. The van der Waals surface area contributed by atoms with Crippen LogP contribution >= 0.6 is 11.8 Å². The van der Waals surface area contributed by atoms with Crippen LogP contribution in [0.2, 0.25) is 0 Å². The standard InChI is InChI=1S/C8H17NOS/c1-4-8(2,10-3)7-9-5-6-11-7/h7,9H,4-6H2,1-3H3. The van der Waals surface area contributed by atoms with Crippen molar-refractivity contribution in [1.29, 1.82) is 0 Å². The Labute approximate surface area is 73.1 Å². The fourth-order valence-corrected chi connectivity index (χ4v) is 2.58. The highest BCUT2D eigenvalue weighted by molar-refractivity contribution is 8.00. The van der Waals surface area contributed by atoms with Crippen LogP contribution < -0.4 is 5.32 Å². The zero-order valence-electron chi connectivity index (χ0n) is 7.52. The Bertz CT molecular complexity index is 119. The monoisotopic (exact) mass is 175 g/mol. The van der Waals surface area contributed by atoms with Crippen molar-refractivity contribution >= 4 is 11.8 Å². The van der Waals surface area contributed by atoms with E-state index in [0.717, 1.165) is 13.0 Å². The maximum atomic E-state index is 5.49. The van der Waals surface area contributed by atoms with Gasteiger partial charge in [-0.2, -0.15) is 0 Å². The van der Waals surface area contributed by atoms with Gasteiger partial charge in [0.15, 0.2) is 0 Å². The predicted molar refractivity (Wildman–Crippen MR) is 50.0 cm³/mol. The maximum absolute atomic E-state index is 5.49. The molecule has 0 aromatic heterocycles. The number of nitrogens with one attached hydrogen (secondary N) is 1. The van der Waals surface area contributed by atoms with Gasteiger partial charge in [0, 0.05) is 19.4 Å². The lowest BCUT2D eigenvalue weighted by Crippen LogP contribution is -2.44. The lowest BCUT2D eigenvalue weighted by atomic mass is 10.0. The van der Waals surface area contributed by atoms with Gasteiger partial charge in [0.05, 0.1) is 11.0 Å². The third kappa shape index (κ3) is 1.89. The summed E-state index contributed by atoms with van der Waals surface area (Å²) >= 11 is 1.96. The number of hydrogen-bond donors (Lipinski definition) is 1. The van der Waals surface area contributed by atoms with Crippen molar-refractivity contribution in [2.75, 3.05) is 19.4 Å². The molecular formula is C8H17NOS. The normalized spacial score (nSPS) is 30.3. The van der Waals surface area contributed by atoms with Gasteiger partial charge in [0.25, 0.3) is 0 Å². The Hall–Kier alpha value is 0.270. The van der Waals surface area contributed by atoms with E-state index in [9.17, 15) is 0 Å². The molecule has 0 saturated carbocycles. The van der Waals surface area contributed by atoms with Gasteiger partial charge in [0.2, 0.25) is 0 Å². The highest BCUT2D eigenvalue weighted by Gasteiger charge is 2.34. The van der Waals surface area contributed by atoms with Gasteiger partial charge in [-0.3, -0.25) is 0 Å². The van der Waals surface area contributed by atoms with Gasteiger partial charge in [-0.25, -0.2) is 0 Å². The number of hydrogen-bond acceptors (Lipinski definition) is 3. The van der Waals surface area contributed by atoms with Gasteiger partial charge in [-0.1, -0.05) is 6.92 Å². The molecule has 2 unspecified atom stereocenters. The van der Waals surface area contributed by atoms with Crippen LogP contribution in [-0.2, 0) is 4.74 Å². The largest absolute Gasteiger partial charge is 0.376 e. The van der Waals surface area contributed by atoms with E-state index in [1.165, 1.54) is 5.75 Å². The van der Waals surface area contributed by atoms with Gasteiger partial charge in [0.1, 0.15) is 0 Å². The smallest absolute Gasteiger partial charge is 0.0893 e. The van der Waals surface area contributed by atoms with Crippen molar-refractivity contribution in [2.24, 2.45) is 0 Å². The molecule has 1 fully saturated rings. The summed E-state index contributed by atoms with van der Waals surface area (Å²) in [5.74, 6) is 1.21. The van der Waals surface area contributed by atoms with Crippen LogP contribution in [-0.4, -0.2) is 30.4 Å². The van der Waals surface area contributed by atoms with Crippen molar-refractivity contribution in [1.82, 2.24) is 5.32 Å². The Morgan fingerprint density at radius 1 is 1.73 bits per heavy atom. The van der Waals surface area contributed by atoms with Gasteiger partial charge >= 0.3 is 0 Å². The van der Waals surface area contributed by atoms with Crippen LogP contribution in [0, 0.1) is 0 Å². The lowest BCUT2D eigenvalue weighted by Gasteiger charge is -2.32. The molecule has 3 heteroatoms. The van der Waals surface area contributed by atoms with Crippen molar-refractivity contribution in [3.63, 3.8) is 0 Å². The number of thioether (sulfide) groups is 1. The SMILES string of the molecule is CCC(C)(OC)C1NCCS1. The second kappa shape index (κ2) is 3.78. The van der Waals surface area contributed by atoms with Crippen LogP contribution in [0.3, 0.4) is 0 Å². The minimum atomic E-state index is 0.0150. The maximum Gasteiger partial charge on any atom is 0.0893 e. The molecule has 1 aliphatic heterocycles. The van der Waals surface area contributed by atoms with Gasteiger partial charge in [-0.05, 0) is 13.3 Å². The summed E-state index contributed by atoms with van der Waals surface area (Å²) in [5.41, 5.74) is 0.0150. The molecule has 1 aliphatic rings. The summed E-state index contributed by atoms with van der Waals surface area (Å²) in [7, 11) is 1.80. The van der Waals surface area contributed by atoms with E-state index < -0.39 is 0 Å². The van der Waals surface area contributed by atoms with Crippen molar-refractivity contribution in [3.8, 4) is 0 Å². The molecule has 1 N–H and O–H groups in total. The number of ether oxygens (including phenoxy) is 1. The summed E-state index contributed by atoms with van der Waals surface area (Å²) in [6, 6.07) is 0. The quantitative estimate of drug-likeness (QED) is 0.702. The second-order valence-corrected chi connectivity index (χ2v) is 4.29. The molecule has 0 spiro atoms. The average molecular weight is 175 g/mol. The first-order valence-corrected chi connectivity index (χ1v) is 5.18. The Kier molecular flexibility index (Phi) is 3.22. The molecule has 1 rings (SSSR count). The van der Waals surface area contributed by atoms with E-state index in [2.05, 4.69) is 19.2 Å². The highest BCUT2D eigenvalue weighted by Crippen LogP contribution is 2.29. The summed E-state index contributed by atoms with van der Waals surface area (Å²) in [6.45, 7) is 5.46. The molecular weight excluding hydrogens is 158 g/mol. The Morgan fingerprint density at radius 2 is 2.45 bits per heavy atom. The molecule has 2 atom stereocenters. The fourth-order valence-electron chi connectivity index (χ4n) is 1.25. The topological polar surface area (TPSA) is 21.3 Å². The molecule has 0 bridgehead atoms. The molecule has 0 amide bonds. The van der Waals surface area contributed by atoms with E-state index in [1.807, 2.05) is 11.8 Å². The molecule has 0 aromatic rings. The van der Waals surface area contributed by atoms with Crippen LogP contribution in [0.15, 0.2) is 0 Å². The third-order valence-corrected chi connectivity index (χ3v) is 3.88. The van der Waals surface area contributed by atoms with E-state index in [4.69, 9.17) is 4.74 Å². The molecule has 0 aromatic carbocycles. The minimum absolute atomic E-state index is 0.0150. The average Bonchev–Trinajstić information content (AvgIpc) is 2.55. The zero-order valence-corrected chi connectivity index (χ0v) is 8.33. The fraction of sp³-hybridized carbons (Fsp3) is 1.00. The van der Waals surface area contributed by atoms with E-state index >= 15 is 0 Å². The molecule has 0 radical (unpaired) electrons. The van der Waals surface area contributed by atoms with E-state index in [1.54, 1.807) is 7.11 Å². The number of rotatable bonds is 3. The van der Waals surface area contributed by atoms with Crippen LogP contribution in [0.25, 0.3) is 0 Å². The van der Waals surface area contributed by atoms with E-state index in [-0.39, 0.29) is 5.60 Å². The molecule has 2 nitrogen and oxygen atoms in total. The summed E-state index contributed by atoms with van der Waals surface area (Å²) in [5, 5.41) is 3.92. The van der Waals surface area contributed by atoms with E-state index in [0.29, 0.717) is 5.37 Å². The zero-order chi connectivity index (χ0) is 8.32. The van der Waals surface area contributed by atoms with Crippen LogP contribution in [0.4, 0.5) is 0 Å². The first kappa shape index (κ1) is 9.36. The van der Waals surface area contributed by atoms with Crippen molar-refractivity contribution < 1.29 is 4.74 Å². The van der Waals surface area contributed by atoms with Gasteiger partial charge in [-0.15, -0.1) is 11.8 Å². The van der Waals surface area contributed by atoms with Crippen molar-refractivity contribution in [2.45, 2.75) is 31.2 Å². The summed E-state index contributed by atoms with van der Waals surface area (Å²) < 4.78 is 5.49. The molecule has 0 aliphatic carbocycles. The minimum Gasteiger partial charge on any atom is -0.376 e. The Morgan fingerprint density at radius 3 is 2.82 bits per heavy atom. The predicted octanol–water partition coefficient (Wildman–Crippen LogP) is 1.46. The summed E-state index contributed by atoms with van der Waals surface area (Å²) in [4.78, 5) is 0. The van der Waals surface area contributed by atoms with Gasteiger partial charge < -0.3 is 10.1 Å². The third-order valence-electron chi connectivity index (χ3n) is 2.44. The molecule has 1 heterocycles. The first-order valence-electron chi connectivity index (χ1n) is 4.13. The Balaban J connectivity index is 2.52. The second-order valence-electron chi connectivity index (χ2n) is 3.08. The van der Waals surface area contributed by atoms with Crippen molar-refractivity contribution in [3.05, 3.63) is 0 Å². The van der Waals surface area contributed by atoms with Crippen LogP contribution in [0.5, 0.6) is 0 Å². The lowest BCUT2D eigenvalue weighted by molar-refractivity contribution is -0.00368. The molecule has 11 heavy (non-hydrogen) atoms.